The summed E-state index contributed by atoms with van der Waals surface area (Å²) in [6.07, 6.45) is -1.95. The van der Waals surface area contributed by atoms with E-state index in [1.807, 2.05) is 50.2 Å². The van der Waals surface area contributed by atoms with E-state index in [0.29, 0.717) is 18.1 Å². The molecule has 10 nitrogen and oxygen atoms in total. The average molecular weight is 605 g/mol. The molecule has 0 bridgehead atoms. The first kappa shape index (κ1) is 34.0. The van der Waals surface area contributed by atoms with Crippen molar-refractivity contribution in [2.45, 2.75) is 44.9 Å². The summed E-state index contributed by atoms with van der Waals surface area (Å²) in [6.45, 7) is 2.16. The third-order valence-corrected chi connectivity index (χ3v) is 6.60. The van der Waals surface area contributed by atoms with Gasteiger partial charge in [0.05, 0.1) is 31.6 Å². The number of methoxy groups -OCH3 is 1. The van der Waals surface area contributed by atoms with E-state index < -0.39 is 51.3 Å². The first-order chi connectivity index (χ1) is 19.6. The van der Waals surface area contributed by atoms with Gasteiger partial charge in [0.25, 0.3) is 0 Å². The van der Waals surface area contributed by atoms with Gasteiger partial charge < -0.3 is 29.0 Å². The van der Waals surface area contributed by atoms with E-state index in [2.05, 4.69) is 10.1 Å². The molecule has 1 aromatic heterocycles. The number of nitrogens with zero attached hydrogens (tertiary/aromatic N) is 2. The van der Waals surface area contributed by atoms with Crippen molar-refractivity contribution in [3.8, 4) is 5.75 Å². The number of ether oxygens (including phenoxy) is 2. The zero-order chi connectivity index (χ0) is 30.4. The van der Waals surface area contributed by atoms with E-state index in [1.165, 1.54) is 0 Å². The highest BCUT2D eigenvalue weighted by Crippen LogP contribution is 2.38. The molecule has 1 saturated heterocycles. The molecule has 15 heteroatoms. The lowest BCUT2D eigenvalue weighted by atomic mass is 10.1. The maximum Gasteiger partial charge on any atom is 0.351 e. The van der Waals surface area contributed by atoms with Crippen LogP contribution in [-0.2, 0) is 18.8 Å². The third kappa shape index (κ3) is 11.0. The predicted molar refractivity (Wildman–Crippen MR) is 147 cm³/mol. The van der Waals surface area contributed by atoms with Crippen LogP contribution in [0.3, 0.4) is 0 Å². The smallest absolute Gasteiger partial charge is 0.351 e. The normalized spacial score (nSPS) is 18.7. The van der Waals surface area contributed by atoms with Crippen molar-refractivity contribution in [2.75, 3.05) is 32.9 Å². The summed E-state index contributed by atoms with van der Waals surface area (Å²) in [5.41, 5.74) is 4.35. The molecule has 1 aliphatic heterocycles. The van der Waals surface area contributed by atoms with E-state index in [4.69, 9.17) is 24.3 Å². The Morgan fingerprint density at radius 2 is 1.90 bits per heavy atom. The van der Waals surface area contributed by atoms with Crippen LogP contribution >= 0.6 is 8.53 Å². The van der Waals surface area contributed by atoms with Crippen molar-refractivity contribution in [3.05, 3.63) is 65.0 Å². The van der Waals surface area contributed by atoms with Crippen LogP contribution in [0.15, 0.2) is 53.5 Å². The first-order valence-electron chi connectivity index (χ1n) is 12.4. The third-order valence-electron chi connectivity index (χ3n) is 5.40. The van der Waals surface area contributed by atoms with Gasteiger partial charge in [-0.25, -0.2) is 27.4 Å². The van der Waals surface area contributed by atoms with Crippen LogP contribution in [0, 0.1) is 5.82 Å². The number of nitrogens with two attached hydrogens (primary N) is 1. The number of nitrogen functional groups attached to an aromatic ring is 1. The van der Waals surface area contributed by atoms with Gasteiger partial charge in [0.2, 0.25) is 6.93 Å². The van der Waals surface area contributed by atoms with Crippen LogP contribution in [0.2, 0.25) is 0 Å². The fourth-order valence-corrected chi connectivity index (χ4v) is 4.42. The van der Waals surface area contributed by atoms with Gasteiger partial charge in [-0.3, -0.25) is 4.57 Å². The Balaban J connectivity index is 0.000000653. The second-order valence-electron chi connectivity index (χ2n) is 8.63. The van der Waals surface area contributed by atoms with Crippen molar-refractivity contribution < 1.29 is 40.9 Å². The van der Waals surface area contributed by atoms with E-state index in [9.17, 15) is 27.2 Å². The van der Waals surface area contributed by atoms with Gasteiger partial charge in [-0.2, -0.15) is 4.98 Å². The number of carbonyl (C=O) groups is 1. The molecule has 2 heterocycles. The minimum absolute atomic E-state index is 0.00898. The molecule has 4 unspecified atom stereocenters. The van der Waals surface area contributed by atoms with Gasteiger partial charge in [0.15, 0.2) is 17.9 Å². The summed E-state index contributed by atoms with van der Waals surface area (Å²) in [7, 11) is -0.0549. The summed E-state index contributed by atoms with van der Waals surface area (Å²) in [4.78, 5) is 26.1. The SMILES string of the molecule is COC(C)C.FCF.Nc1nc(=O)n(C2OC(COP(NCC=O)Oc3ccc4ccccc4c3)CC2F)cc1F. The molecule has 4 rings (SSSR count). The number of hydrogen-bond acceptors (Lipinski definition) is 9. The molecular weight excluding hydrogens is 571 g/mol. The highest BCUT2D eigenvalue weighted by atomic mass is 31.2. The predicted octanol–water partition coefficient (Wildman–Crippen LogP) is 4.78. The fraction of sp³-hybridized carbons (Fsp3) is 0.423. The minimum Gasteiger partial charge on any atom is -0.436 e. The summed E-state index contributed by atoms with van der Waals surface area (Å²) in [5.74, 6) is -0.987. The van der Waals surface area contributed by atoms with E-state index in [-0.39, 0.29) is 19.6 Å². The van der Waals surface area contributed by atoms with Gasteiger partial charge in [-0.15, -0.1) is 0 Å². The lowest BCUT2D eigenvalue weighted by molar-refractivity contribution is -0.106. The topological polar surface area (TPSA) is 127 Å². The Kier molecular flexibility index (Phi) is 14.6. The van der Waals surface area contributed by atoms with E-state index in [0.717, 1.165) is 21.5 Å². The monoisotopic (exact) mass is 604 g/mol. The van der Waals surface area contributed by atoms with Crippen LogP contribution in [0.4, 0.5) is 23.4 Å². The molecule has 0 radical (unpaired) electrons. The summed E-state index contributed by atoms with van der Waals surface area (Å²) in [5, 5.41) is 4.85. The van der Waals surface area contributed by atoms with Crippen LogP contribution < -0.4 is 21.0 Å². The molecule has 3 aromatic rings. The molecule has 1 fully saturated rings. The number of aromatic nitrogens is 2. The number of halogens is 4. The lowest BCUT2D eigenvalue weighted by Crippen LogP contribution is -2.31. The number of alkyl halides is 3. The van der Waals surface area contributed by atoms with Gasteiger partial charge in [0.1, 0.15) is 18.2 Å². The summed E-state index contributed by atoms with van der Waals surface area (Å²) in [6, 6.07) is 13.3. The Hall–Kier alpha value is -3.16. The largest absolute Gasteiger partial charge is 0.436 e. The number of rotatable bonds is 10. The number of aldehydes is 1. The van der Waals surface area contributed by atoms with Crippen LogP contribution in [0.5, 0.6) is 5.75 Å². The molecule has 226 valence electrons. The van der Waals surface area contributed by atoms with Crippen LogP contribution in [0.25, 0.3) is 10.8 Å². The second kappa shape index (κ2) is 17.6. The van der Waals surface area contributed by atoms with Gasteiger partial charge in [-0.05, 0) is 36.8 Å². The average Bonchev–Trinajstić information content (AvgIpc) is 3.32. The molecule has 3 N–H and O–H groups in total. The Morgan fingerprint density at radius 3 is 2.54 bits per heavy atom. The molecule has 0 aliphatic carbocycles. The number of anilines is 1. The Morgan fingerprint density at radius 1 is 1.24 bits per heavy atom. The fourth-order valence-electron chi connectivity index (χ4n) is 3.38. The number of benzene rings is 2. The summed E-state index contributed by atoms with van der Waals surface area (Å²) >= 11 is 0. The number of carbonyl (C=O) groups excluding carboxylic acids is 1. The molecule has 4 atom stereocenters. The number of fused-ring (bicyclic) bond motifs is 1. The molecule has 1 aliphatic rings. The maximum absolute atomic E-state index is 14.5. The van der Waals surface area contributed by atoms with E-state index >= 15 is 0 Å². The standard InChI is InChI=1S/C21H21F2N4O5P.C4H10O.CH2F2/c22-17-10-16(31-20(17)27-11-18(23)19(24)26-21(27)29)12-30-33(25-7-8-28)32-15-6-5-13-3-1-2-4-14(13)9-15;1-4(2)5-3;2-1-3/h1-6,8-9,11,16-17,20,25H,7,10,12H2,(H2,24,26,29);4H,1-3H3;1H2. The molecule has 2 aromatic carbocycles. The van der Waals surface area contributed by atoms with Crippen molar-refractivity contribution in [1.29, 1.82) is 0 Å². The maximum atomic E-state index is 14.5. The van der Waals surface area contributed by atoms with Crippen molar-refractivity contribution in [2.24, 2.45) is 0 Å². The van der Waals surface area contributed by atoms with E-state index in [1.54, 1.807) is 13.2 Å². The van der Waals surface area contributed by atoms with Crippen molar-refractivity contribution in [3.63, 3.8) is 0 Å². The molecular formula is C26H33F4N4O6P. The van der Waals surface area contributed by atoms with Gasteiger partial charge in [0, 0.05) is 13.5 Å². The summed E-state index contributed by atoms with van der Waals surface area (Å²) < 4.78 is 70.2. The number of nitrogens with one attached hydrogen (secondary N) is 1. The van der Waals surface area contributed by atoms with Gasteiger partial charge in [-0.1, -0.05) is 30.3 Å². The zero-order valence-corrected chi connectivity index (χ0v) is 23.6. The van der Waals surface area contributed by atoms with Crippen LogP contribution in [0.1, 0.15) is 26.5 Å². The van der Waals surface area contributed by atoms with Crippen molar-refractivity contribution in [1.82, 2.24) is 14.6 Å². The molecule has 0 saturated carbocycles. The highest BCUT2D eigenvalue weighted by molar-refractivity contribution is 7.45. The first-order valence-corrected chi connectivity index (χ1v) is 13.6. The number of hydrogen-bond donors (Lipinski definition) is 2. The lowest BCUT2D eigenvalue weighted by Gasteiger charge is -2.20. The zero-order valence-electron chi connectivity index (χ0n) is 22.7. The van der Waals surface area contributed by atoms with Gasteiger partial charge >= 0.3 is 14.2 Å². The second-order valence-corrected chi connectivity index (χ2v) is 9.90. The molecule has 41 heavy (non-hydrogen) atoms. The molecule has 0 amide bonds. The molecule has 0 spiro atoms. The van der Waals surface area contributed by atoms with Crippen LogP contribution in [-0.4, -0.2) is 61.4 Å². The highest BCUT2D eigenvalue weighted by Gasteiger charge is 2.38. The quantitative estimate of drug-likeness (QED) is 0.191. The minimum atomic E-state index is -1.75. The Labute approximate surface area is 235 Å². The van der Waals surface area contributed by atoms with Crippen molar-refractivity contribution >= 4 is 31.4 Å². The Bertz CT molecular complexity index is 1290.